The average molecular weight is 419 g/mol. The zero-order chi connectivity index (χ0) is 20.3. The van der Waals surface area contributed by atoms with Gasteiger partial charge in [0.15, 0.2) is 5.78 Å². The van der Waals surface area contributed by atoms with Crippen LogP contribution in [0, 0.1) is 13.8 Å². The van der Waals surface area contributed by atoms with Gasteiger partial charge in [-0.05, 0) is 57.4 Å². The molecule has 0 spiro atoms. The number of piperidine rings is 1. The molecule has 150 valence electrons. The summed E-state index contributed by atoms with van der Waals surface area (Å²) in [6.07, 6.45) is 4.28. The van der Waals surface area contributed by atoms with Crippen molar-refractivity contribution in [3.8, 4) is 0 Å². The Balaban J connectivity index is 1.71. The van der Waals surface area contributed by atoms with Crippen LogP contribution in [-0.2, 0) is 10.0 Å². The number of aryl methyl sites for hydroxylation is 2. The molecule has 1 fully saturated rings. The van der Waals surface area contributed by atoms with E-state index in [2.05, 4.69) is 4.98 Å². The SMILES string of the molecule is Cc1ccc(C)c(C(=O)[C@@H](C)Sc2ccc(S(=O)(=O)N3CCCCC3)cn2)c1. The molecule has 0 radical (unpaired) electrons. The molecule has 0 aliphatic carbocycles. The molecular weight excluding hydrogens is 392 g/mol. The molecule has 1 aliphatic heterocycles. The summed E-state index contributed by atoms with van der Waals surface area (Å²) in [5.74, 6) is 0.0537. The maximum Gasteiger partial charge on any atom is 0.244 e. The molecule has 1 aromatic heterocycles. The van der Waals surface area contributed by atoms with E-state index >= 15 is 0 Å². The number of benzene rings is 1. The highest BCUT2D eigenvalue weighted by molar-refractivity contribution is 8.00. The fraction of sp³-hybridized carbons (Fsp3) is 0.429. The molecule has 1 aromatic carbocycles. The van der Waals surface area contributed by atoms with E-state index in [4.69, 9.17) is 0 Å². The topological polar surface area (TPSA) is 67.3 Å². The molecule has 0 N–H and O–H groups in total. The third-order valence-corrected chi connectivity index (χ3v) is 7.92. The van der Waals surface area contributed by atoms with Crippen LogP contribution in [0.3, 0.4) is 0 Å². The second-order valence-corrected chi connectivity index (χ2v) is 10.5. The van der Waals surface area contributed by atoms with Crippen molar-refractivity contribution >= 4 is 27.6 Å². The summed E-state index contributed by atoms with van der Waals surface area (Å²) < 4.78 is 27.0. The fourth-order valence-electron chi connectivity index (χ4n) is 3.30. The van der Waals surface area contributed by atoms with Gasteiger partial charge in [0.1, 0.15) is 4.90 Å². The minimum absolute atomic E-state index is 0.0537. The lowest BCUT2D eigenvalue weighted by atomic mass is 10.0. The van der Waals surface area contributed by atoms with Crippen molar-refractivity contribution in [2.75, 3.05) is 13.1 Å². The van der Waals surface area contributed by atoms with Crippen molar-refractivity contribution < 1.29 is 13.2 Å². The number of pyridine rings is 1. The van der Waals surface area contributed by atoms with Crippen molar-refractivity contribution in [2.24, 2.45) is 0 Å². The van der Waals surface area contributed by atoms with Gasteiger partial charge in [0.25, 0.3) is 0 Å². The second-order valence-electron chi connectivity index (χ2n) is 7.24. The molecular formula is C21H26N2O3S2. The van der Waals surface area contributed by atoms with Gasteiger partial charge in [-0.3, -0.25) is 4.79 Å². The number of sulfonamides is 1. The van der Waals surface area contributed by atoms with Gasteiger partial charge >= 0.3 is 0 Å². The molecule has 1 saturated heterocycles. The first-order valence-corrected chi connectivity index (χ1v) is 11.9. The molecule has 2 aromatic rings. The van der Waals surface area contributed by atoms with E-state index in [1.54, 1.807) is 12.1 Å². The number of carbonyl (C=O) groups is 1. The Morgan fingerprint density at radius 2 is 1.82 bits per heavy atom. The molecule has 7 heteroatoms. The van der Waals surface area contributed by atoms with Crippen molar-refractivity contribution in [1.29, 1.82) is 0 Å². The highest BCUT2D eigenvalue weighted by atomic mass is 32.2. The molecule has 1 aliphatic rings. The Kier molecular flexibility index (Phi) is 6.58. The Hall–Kier alpha value is -1.70. The van der Waals surface area contributed by atoms with E-state index in [1.165, 1.54) is 22.3 Å². The summed E-state index contributed by atoms with van der Waals surface area (Å²) in [5, 5.41) is 0.335. The number of carbonyl (C=O) groups excluding carboxylic acids is 1. The number of rotatable bonds is 6. The molecule has 0 amide bonds. The number of aromatic nitrogens is 1. The Morgan fingerprint density at radius 3 is 2.46 bits per heavy atom. The van der Waals surface area contributed by atoms with Crippen LogP contribution < -0.4 is 0 Å². The van der Waals surface area contributed by atoms with Crippen LogP contribution in [0.2, 0.25) is 0 Å². The monoisotopic (exact) mass is 418 g/mol. The lowest BCUT2D eigenvalue weighted by Gasteiger charge is -2.25. The summed E-state index contributed by atoms with van der Waals surface area (Å²) in [6, 6.07) is 9.14. The smallest absolute Gasteiger partial charge is 0.244 e. The summed E-state index contributed by atoms with van der Waals surface area (Å²) in [7, 11) is -3.48. The predicted molar refractivity (Wildman–Crippen MR) is 112 cm³/mol. The van der Waals surface area contributed by atoms with Crippen molar-refractivity contribution in [3.63, 3.8) is 0 Å². The van der Waals surface area contributed by atoms with E-state index in [0.29, 0.717) is 18.1 Å². The van der Waals surface area contributed by atoms with E-state index in [0.717, 1.165) is 36.0 Å². The van der Waals surface area contributed by atoms with Gasteiger partial charge in [-0.2, -0.15) is 4.31 Å². The summed E-state index contributed by atoms with van der Waals surface area (Å²) in [6.45, 7) is 6.90. The molecule has 3 rings (SSSR count). The van der Waals surface area contributed by atoms with Crippen LogP contribution in [-0.4, -0.2) is 41.8 Å². The molecule has 0 saturated carbocycles. The minimum Gasteiger partial charge on any atom is -0.293 e. The van der Waals surface area contributed by atoms with Crippen LogP contribution >= 0.6 is 11.8 Å². The average Bonchev–Trinajstić information content (AvgIpc) is 2.70. The largest absolute Gasteiger partial charge is 0.293 e. The third-order valence-electron chi connectivity index (χ3n) is 4.99. The van der Waals surface area contributed by atoms with Gasteiger partial charge in [-0.1, -0.05) is 35.9 Å². The zero-order valence-electron chi connectivity index (χ0n) is 16.5. The van der Waals surface area contributed by atoms with Gasteiger partial charge in [-0.15, -0.1) is 0 Å². The molecule has 2 heterocycles. The van der Waals surface area contributed by atoms with Crippen LogP contribution in [0.15, 0.2) is 46.5 Å². The fourth-order valence-corrected chi connectivity index (χ4v) is 5.62. The Labute approximate surface area is 171 Å². The van der Waals surface area contributed by atoms with E-state index < -0.39 is 10.0 Å². The number of Topliss-reactive ketones (excluding diaryl/α,β-unsaturated/α-hetero) is 1. The zero-order valence-corrected chi connectivity index (χ0v) is 18.1. The first-order chi connectivity index (χ1) is 13.3. The van der Waals surface area contributed by atoms with E-state index in [1.807, 2.05) is 39.0 Å². The molecule has 0 bridgehead atoms. The second kappa shape index (κ2) is 8.76. The highest BCUT2D eigenvalue weighted by Gasteiger charge is 2.26. The maximum absolute atomic E-state index is 12.8. The quantitative estimate of drug-likeness (QED) is 0.519. The standard InChI is InChI=1S/C21H26N2O3S2/c1-15-7-8-16(2)19(13-15)21(24)17(3)27-20-10-9-18(14-22-20)28(25,26)23-11-5-4-6-12-23/h7-10,13-14,17H,4-6,11-12H2,1-3H3/t17-/m1/s1. The van der Waals surface area contributed by atoms with Crippen molar-refractivity contribution in [1.82, 2.24) is 9.29 Å². The van der Waals surface area contributed by atoms with Crippen LogP contribution in [0.25, 0.3) is 0 Å². The first kappa shape index (κ1) is 21.0. The number of hydrogen-bond acceptors (Lipinski definition) is 5. The van der Waals surface area contributed by atoms with Gasteiger partial charge in [0, 0.05) is 24.8 Å². The molecule has 5 nitrogen and oxygen atoms in total. The van der Waals surface area contributed by atoms with Gasteiger partial charge < -0.3 is 0 Å². The van der Waals surface area contributed by atoms with Crippen LogP contribution in [0.5, 0.6) is 0 Å². The number of ketones is 1. The Morgan fingerprint density at radius 1 is 1.11 bits per heavy atom. The predicted octanol–water partition coefficient (Wildman–Crippen LogP) is 4.24. The number of nitrogens with zero attached hydrogens (tertiary/aromatic N) is 2. The van der Waals surface area contributed by atoms with Crippen LogP contribution in [0.1, 0.15) is 47.7 Å². The van der Waals surface area contributed by atoms with Crippen molar-refractivity contribution in [3.05, 3.63) is 53.2 Å². The minimum atomic E-state index is -3.48. The van der Waals surface area contributed by atoms with Gasteiger partial charge in [0.05, 0.1) is 10.3 Å². The van der Waals surface area contributed by atoms with Crippen molar-refractivity contribution in [2.45, 2.75) is 55.2 Å². The lowest BCUT2D eigenvalue weighted by Crippen LogP contribution is -2.35. The summed E-state index contributed by atoms with van der Waals surface area (Å²) in [4.78, 5) is 17.3. The first-order valence-electron chi connectivity index (χ1n) is 9.53. The van der Waals surface area contributed by atoms with E-state index in [-0.39, 0.29) is 15.9 Å². The normalized spacial score (nSPS) is 16.7. The molecule has 28 heavy (non-hydrogen) atoms. The third kappa shape index (κ3) is 4.64. The summed E-state index contributed by atoms with van der Waals surface area (Å²) in [5.41, 5.74) is 2.74. The summed E-state index contributed by atoms with van der Waals surface area (Å²) >= 11 is 1.35. The van der Waals surface area contributed by atoms with Crippen LogP contribution in [0.4, 0.5) is 0 Å². The lowest BCUT2D eigenvalue weighted by molar-refractivity contribution is 0.0993. The number of thioether (sulfide) groups is 1. The van der Waals surface area contributed by atoms with Gasteiger partial charge in [0.2, 0.25) is 10.0 Å². The number of hydrogen-bond donors (Lipinski definition) is 0. The maximum atomic E-state index is 12.8. The van der Waals surface area contributed by atoms with E-state index in [9.17, 15) is 13.2 Å². The highest BCUT2D eigenvalue weighted by Crippen LogP contribution is 2.27. The van der Waals surface area contributed by atoms with Gasteiger partial charge in [-0.25, -0.2) is 13.4 Å². The Bertz CT molecular complexity index is 950. The molecule has 1 atom stereocenters. The molecule has 0 unspecified atom stereocenters.